The highest BCUT2D eigenvalue weighted by molar-refractivity contribution is 5.84. The predicted octanol–water partition coefficient (Wildman–Crippen LogP) is 2.50. The highest BCUT2D eigenvalue weighted by Crippen LogP contribution is 2.30. The van der Waals surface area contributed by atoms with Crippen LogP contribution in [0.2, 0.25) is 0 Å². The molecule has 2 heterocycles. The van der Waals surface area contributed by atoms with Crippen LogP contribution in [0.3, 0.4) is 0 Å². The molecule has 2 N–H and O–H groups in total. The number of anilines is 1. The van der Waals surface area contributed by atoms with Crippen LogP contribution in [0.1, 0.15) is 18.7 Å². The molecule has 1 saturated carbocycles. The highest BCUT2D eigenvalue weighted by atomic mass is 16.1. The second kappa shape index (κ2) is 4.94. The molecule has 2 aromatic heterocycles. The normalized spacial score (nSPS) is 14.4. The molecule has 4 rings (SSSR count). The fraction of sp³-hybridized carbons (Fsp3) is 0.235. The number of carbonyl (C=O) groups excluding carboxylic acids is 1. The van der Waals surface area contributed by atoms with Crippen molar-refractivity contribution in [2.24, 2.45) is 5.92 Å². The van der Waals surface area contributed by atoms with Gasteiger partial charge in [0.05, 0.1) is 12.1 Å². The number of pyridine rings is 1. The second-order valence-corrected chi connectivity index (χ2v) is 5.75. The Balaban J connectivity index is 1.76. The van der Waals surface area contributed by atoms with E-state index in [0.29, 0.717) is 17.9 Å². The molecular weight excluding hydrogens is 276 g/mol. The Labute approximate surface area is 127 Å². The van der Waals surface area contributed by atoms with E-state index in [1.165, 1.54) is 0 Å². The number of aromatic nitrogens is 3. The van der Waals surface area contributed by atoms with Crippen LogP contribution in [0.15, 0.2) is 42.5 Å². The summed E-state index contributed by atoms with van der Waals surface area (Å²) in [6.07, 6.45) is 2.35. The van der Waals surface area contributed by atoms with Gasteiger partial charge in [0.2, 0.25) is 0 Å². The molecule has 1 aliphatic rings. The summed E-state index contributed by atoms with van der Waals surface area (Å²) in [5, 5.41) is 4.51. The SMILES string of the molecule is Nc1cccc(-c2cccc3nc(CC(=O)C4CC4)nn23)c1. The summed E-state index contributed by atoms with van der Waals surface area (Å²) in [5.74, 6) is 1.08. The fourth-order valence-corrected chi connectivity index (χ4v) is 2.65. The third kappa shape index (κ3) is 2.35. The van der Waals surface area contributed by atoms with E-state index in [0.717, 1.165) is 29.7 Å². The summed E-state index contributed by atoms with van der Waals surface area (Å²) in [4.78, 5) is 16.4. The van der Waals surface area contributed by atoms with Gasteiger partial charge in [0.1, 0.15) is 5.78 Å². The van der Waals surface area contributed by atoms with Crippen molar-refractivity contribution in [3.05, 3.63) is 48.3 Å². The minimum atomic E-state index is 0.236. The van der Waals surface area contributed by atoms with Gasteiger partial charge in [0.25, 0.3) is 0 Å². The van der Waals surface area contributed by atoms with Gasteiger partial charge in [-0.3, -0.25) is 4.79 Å². The van der Waals surface area contributed by atoms with Crippen LogP contribution in [-0.2, 0) is 11.2 Å². The quantitative estimate of drug-likeness (QED) is 0.750. The Kier molecular flexibility index (Phi) is 2.92. The van der Waals surface area contributed by atoms with E-state index in [9.17, 15) is 4.79 Å². The summed E-state index contributed by atoms with van der Waals surface area (Å²) in [5.41, 5.74) is 9.22. The molecule has 0 unspecified atom stereocenters. The molecule has 0 aliphatic heterocycles. The maximum absolute atomic E-state index is 11.9. The predicted molar refractivity (Wildman–Crippen MR) is 84.3 cm³/mol. The first-order valence-corrected chi connectivity index (χ1v) is 7.44. The maximum Gasteiger partial charge on any atom is 0.159 e. The van der Waals surface area contributed by atoms with Crippen LogP contribution in [0.5, 0.6) is 0 Å². The molecule has 0 bridgehead atoms. The van der Waals surface area contributed by atoms with Gasteiger partial charge in [0.15, 0.2) is 11.5 Å². The van der Waals surface area contributed by atoms with Crippen LogP contribution < -0.4 is 5.73 Å². The lowest BCUT2D eigenvalue weighted by atomic mass is 10.1. The number of hydrogen-bond acceptors (Lipinski definition) is 4. The van der Waals surface area contributed by atoms with E-state index in [2.05, 4.69) is 10.1 Å². The summed E-state index contributed by atoms with van der Waals surface area (Å²) in [6, 6.07) is 13.5. The van der Waals surface area contributed by atoms with Crippen LogP contribution in [-0.4, -0.2) is 20.4 Å². The third-order valence-corrected chi connectivity index (χ3v) is 3.95. The number of fused-ring (bicyclic) bond motifs is 1. The smallest absolute Gasteiger partial charge is 0.159 e. The zero-order valence-corrected chi connectivity index (χ0v) is 12.1. The van der Waals surface area contributed by atoms with Gasteiger partial charge in [-0.1, -0.05) is 18.2 Å². The van der Waals surface area contributed by atoms with Crippen molar-refractivity contribution in [2.75, 3.05) is 5.73 Å². The zero-order valence-electron chi connectivity index (χ0n) is 12.1. The number of nitrogen functional groups attached to an aromatic ring is 1. The lowest BCUT2D eigenvalue weighted by Crippen LogP contribution is -2.06. The van der Waals surface area contributed by atoms with E-state index in [1.54, 1.807) is 4.52 Å². The topological polar surface area (TPSA) is 73.3 Å². The molecule has 0 amide bonds. The number of carbonyl (C=O) groups is 1. The van der Waals surface area contributed by atoms with Crippen LogP contribution >= 0.6 is 0 Å². The minimum absolute atomic E-state index is 0.236. The van der Waals surface area contributed by atoms with E-state index in [4.69, 9.17) is 5.73 Å². The number of Topliss-reactive ketones (excluding diaryl/α,β-unsaturated/α-hetero) is 1. The molecule has 1 fully saturated rings. The minimum Gasteiger partial charge on any atom is -0.399 e. The molecule has 0 radical (unpaired) electrons. The Morgan fingerprint density at radius 3 is 2.82 bits per heavy atom. The molecule has 1 aliphatic carbocycles. The lowest BCUT2D eigenvalue weighted by Gasteiger charge is -2.04. The van der Waals surface area contributed by atoms with Gasteiger partial charge >= 0.3 is 0 Å². The number of nitrogens with zero attached hydrogens (tertiary/aromatic N) is 3. The summed E-state index contributed by atoms with van der Waals surface area (Å²) in [6.45, 7) is 0. The van der Waals surface area contributed by atoms with Crippen molar-refractivity contribution < 1.29 is 4.79 Å². The Bertz CT molecular complexity index is 864. The Hall–Kier alpha value is -2.69. The molecule has 22 heavy (non-hydrogen) atoms. The van der Waals surface area contributed by atoms with Crippen molar-refractivity contribution in [3.8, 4) is 11.3 Å². The van der Waals surface area contributed by atoms with Crippen LogP contribution in [0.25, 0.3) is 16.9 Å². The Morgan fingerprint density at radius 2 is 2.05 bits per heavy atom. The van der Waals surface area contributed by atoms with Crippen molar-refractivity contribution in [1.29, 1.82) is 0 Å². The number of nitrogens with two attached hydrogens (primary N) is 1. The average molecular weight is 292 g/mol. The molecule has 1 aromatic carbocycles. The lowest BCUT2D eigenvalue weighted by molar-refractivity contribution is -0.119. The molecule has 0 atom stereocenters. The van der Waals surface area contributed by atoms with E-state index >= 15 is 0 Å². The molecule has 0 saturated heterocycles. The van der Waals surface area contributed by atoms with Gasteiger partial charge in [-0.15, -0.1) is 0 Å². The summed E-state index contributed by atoms with van der Waals surface area (Å²) < 4.78 is 1.78. The van der Waals surface area contributed by atoms with Crippen LogP contribution in [0.4, 0.5) is 5.69 Å². The molecule has 0 spiro atoms. The third-order valence-electron chi connectivity index (χ3n) is 3.95. The number of benzene rings is 1. The van der Waals surface area contributed by atoms with E-state index < -0.39 is 0 Å². The van der Waals surface area contributed by atoms with Crippen molar-refractivity contribution in [2.45, 2.75) is 19.3 Å². The zero-order chi connectivity index (χ0) is 15.1. The first-order chi connectivity index (χ1) is 10.7. The number of rotatable bonds is 4. The number of hydrogen-bond donors (Lipinski definition) is 1. The average Bonchev–Trinajstić information content (AvgIpc) is 3.27. The van der Waals surface area contributed by atoms with Gasteiger partial charge in [0, 0.05) is 17.2 Å². The summed E-state index contributed by atoms with van der Waals surface area (Å²) in [7, 11) is 0. The van der Waals surface area contributed by atoms with Crippen molar-refractivity contribution in [3.63, 3.8) is 0 Å². The van der Waals surface area contributed by atoms with Gasteiger partial charge < -0.3 is 5.73 Å². The van der Waals surface area contributed by atoms with Gasteiger partial charge in [-0.05, 0) is 37.1 Å². The van der Waals surface area contributed by atoms with E-state index in [1.807, 2.05) is 42.5 Å². The molecule has 3 aromatic rings. The monoisotopic (exact) mass is 292 g/mol. The molecule has 5 nitrogen and oxygen atoms in total. The maximum atomic E-state index is 11.9. The summed E-state index contributed by atoms with van der Waals surface area (Å²) >= 11 is 0. The Morgan fingerprint density at radius 1 is 1.23 bits per heavy atom. The van der Waals surface area contributed by atoms with Gasteiger partial charge in [-0.2, -0.15) is 5.10 Å². The molecule has 5 heteroatoms. The highest BCUT2D eigenvalue weighted by Gasteiger charge is 2.30. The first kappa shape index (κ1) is 13.0. The van der Waals surface area contributed by atoms with Crippen LogP contribution in [0, 0.1) is 5.92 Å². The fourth-order valence-electron chi connectivity index (χ4n) is 2.65. The largest absolute Gasteiger partial charge is 0.399 e. The molecule has 110 valence electrons. The first-order valence-electron chi connectivity index (χ1n) is 7.44. The standard InChI is InChI=1S/C17H16N4O/c18-13-4-1-3-12(9-13)14-5-2-6-17-19-16(20-21(14)17)10-15(22)11-7-8-11/h1-6,9,11H,7-8,10,18H2. The van der Waals surface area contributed by atoms with Crippen molar-refractivity contribution in [1.82, 2.24) is 14.6 Å². The van der Waals surface area contributed by atoms with E-state index in [-0.39, 0.29) is 11.7 Å². The number of ketones is 1. The van der Waals surface area contributed by atoms with Crippen molar-refractivity contribution >= 4 is 17.1 Å². The molecular formula is C17H16N4O. The van der Waals surface area contributed by atoms with Gasteiger partial charge in [-0.25, -0.2) is 9.50 Å². The second-order valence-electron chi connectivity index (χ2n) is 5.75.